The summed E-state index contributed by atoms with van der Waals surface area (Å²) in [6.07, 6.45) is 0. The van der Waals surface area contributed by atoms with Gasteiger partial charge >= 0.3 is 0 Å². The molecule has 120 valence electrons. The second-order valence-corrected chi connectivity index (χ2v) is 5.45. The topological polar surface area (TPSA) is 81.4 Å². The zero-order chi connectivity index (χ0) is 16.8. The molecule has 2 aromatic rings. The van der Waals surface area contributed by atoms with E-state index in [1.807, 2.05) is 13.0 Å². The van der Waals surface area contributed by atoms with Crippen molar-refractivity contribution in [2.45, 2.75) is 13.0 Å². The number of hydrogen-bond donors (Lipinski definition) is 2. The highest BCUT2D eigenvalue weighted by molar-refractivity contribution is 6.30. The lowest BCUT2D eigenvalue weighted by molar-refractivity contribution is -0.128. The van der Waals surface area contributed by atoms with Crippen LogP contribution < -0.4 is 15.8 Å². The number of carbonyl (C=O) groups excluding carboxylic acids is 2. The van der Waals surface area contributed by atoms with Gasteiger partial charge in [-0.15, -0.1) is 0 Å². The molecule has 0 aromatic heterocycles. The van der Waals surface area contributed by atoms with E-state index < -0.39 is 17.9 Å². The van der Waals surface area contributed by atoms with Crippen LogP contribution in [0.15, 0.2) is 48.5 Å². The molecule has 5 nitrogen and oxygen atoms in total. The summed E-state index contributed by atoms with van der Waals surface area (Å²) in [5.74, 6) is -0.515. The fourth-order valence-corrected chi connectivity index (χ4v) is 2.31. The normalized spacial score (nSPS) is 11.6. The van der Waals surface area contributed by atoms with E-state index in [1.165, 1.54) is 0 Å². The Morgan fingerprint density at radius 3 is 2.52 bits per heavy atom. The number of nitrogens with two attached hydrogens (primary N) is 1. The molecule has 2 aromatic carbocycles. The van der Waals surface area contributed by atoms with Crippen LogP contribution in [0.25, 0.3) is 0 Å². The van der Waals surface area contributed by atoms with Crippen molar-refractivity contribution in [3.63, 3.8) is 0 Å². The van der Waals surface area contributed by atoms with Crippen LogP contribution in [0.5, 0.6) is 5.75 Å². The van der Waals surface area contributed by atoms with Crippen LogP contribution in [0.1, 0.15) is 17.2 Å². The van der Waals surface area contributed by atoms with Gasteiger partial charge in [-0.25, -0.2) is 0 Å². The molecule has 3 N–H and O–H groups in total. The van der Waals surface area contributed by atoms with E-state index in [2.05, 4.69) is 5.32 Å². The van der Waals surface area contributed by atoms with Gasteiger partial charge in [0.15, 0.2) is 6.61 Å². The summed E-state index contributed by atoms with van der Waals surface area (Å²) in [7, 11) is 0. The van der Waals surface area contributed by atoms with Gasteiger partial charge in [0.2, 0.25) is 5.91 Å². The molecule has 0 saturated carbocycles. The molecule has 23 heavy (non-hydrogen) atoms. The standard InChI is InChI=1S/C17H17ClN2O3/c1-11-9-13(18)7-8-14(11)23-10-15(21)20-16(17(19)22)12-5-3-2-4-6-12/h2-9,16H,10H2,1H3,(H2,19,22)(H,20,21). The lowest BCUT2D eigenvalue weighted by atomic mass is 10.1. The Morgan fingerprint density at radius 1 is 1.22 bits per heavy atom. The van der Waals surface area contributed by atoms with Gasteiger partial charge in [-0.1, -0.05) is 41.9 Å². The summed E-state index contributed by atoms with van der Waals surface area (Å²) >= 11 is 5.86. The van der Waals surface area contributed by atoms with Crippen molar-refractivity contribution < 1.29 is 14.3 Å². The van der Waals surface area contributed by atoms with Crippen molar-refractivity contribution >= 4 is 23.4 Å². The largest absolute Gasteiger partial charge is 0.484 e. The van der Waals surface area contributed by atoms with Gasteiger partial charge in [0.25, 0.3) is 5.91 Å². The van der Waals surface area contributed by atoms with E-state index in [9.17, 15) is 9.59 Å². The Labute approximate surface area is 139 Å². The van der Waals surface area contributed by atoms with E-state index in [1.54, 1.807) is 42.5 Å². The lowest BCUT2D eigenvalue weighted by Gasteiger charge is -2.16. The second-order valence-electron chi connectivity index (χ2n) is 5.01. The molecule has 0 spiro atoms. The molecule has 1 atom stereocenters. The number of benzene rings is 2. The molecule has 0 bridgehead atoms. The average molecular weight is 333 g/mol. The number of carbonyl (C=O) groups is 2. The van der Waals surface area contributed by atoms with Gasteiger partial charge in [-0.2, -0.15) is 0 Å². The monoisotopic (exact) mass is 332 g/mol. The minimum atomic E-state index is -0.890. The van der Waals surface area contributed by atoms with Crippen LogP contribution in [0.3, 0.4) is 0 Å². The van der Waals surface area contributed by atoms with Gasteiger partial charge in [-0.3, -0.25) is 9.59 Å². The Kier molecular flexibility index (Phi) is 5.60. The van der Waals surface area contributed by atoms with Gasteiger partial charge in [0.1, 0.15) is 11.8 Å². The summed E-state index contributed by atoms with van der Waals surface area (Å²) in [5.41, 5.74) is 6.80. The van der Waals surface area contributed by atoms with Crippen molar-refractivity contribution in [3.05, 3.63) is 64.7 Å². The molecular weight excluding hydrogens is 316 g/mol. The lowest BCUT2D eigenvalue weighted by Crippen LogP contribution is -2.39. The van der Waals surface area contributed by atoms with Crippen LogP contribution in [0.2, 0.25) is 5.02 Å². The molecule has 0 saturated heterocycles. The molecule has 0 aliphatic carbocycles. The van der Waals surface area contributed by atoms with E-state index in [0.29, 0.717) is 16.3 Å². The molecule has 0 aliphatic heterocycles. The summed E-state index contributed by atoms with van der Waals surface area (Å²) in [6.45, 7) is 1.61. The van der Waals surface area contributed by atoms with Crippen molar-refractivity contribution in [2.24, 2.45) is 5.73 Å². The van der Waals surface area contributed by atoms with E-state index >= 15 is 0 Å². The molecular formula is C17H17ClN2O3. The summed E-state index contributed by atoms with van der Waals surface area (Å²) in [5, 5.41) is 3.16. The first-order chi connectivity index (χ1) is 11.0. The average Bonchev–Trinajstić information content (AvgIpc) is 2.52. The highest BCUT2D eigenvalue weighted by Gasteiger charge is 2.20. The zero-order valence-electron chi connectivity index (χ0n) is 12.6. The number of primary amides is 1. The Morgan fingerprint density at radius 2 is 1.91 bits per heavy atom. The van der Waals surface area contributed by atoms with Crippen molar-refractivity contribution in [1.82, 2.24) is 5.32 Å². The SMILES string of the molecule is Cc1cc(Cl)ccc1OCC(=O)NC(C(N)=O)c1ccccc1. The van der Waals surface area contributed by atoms with Crippen LogP contribution in [-0.4, -0.2) is 18.4 Å². The number of aryl methyl sites for hydroxylation is 1. The summed E-state index contributed by atoms with van der Waals surface area (Å²) in [4.78, 5) is 23.6. The van der Waals surface area contributed by atoms with Crippen LogP contribution in [0.4, 0.5) is 0 Å². The maximum absolute atomic E-state index is 12.0. The van der Waals surface area contributed by atoms with Gasteiger partial charge < -0.3 is 15.8 Å². The number of nitrogens with one attached hydrogen (secondary N) is 1. The van der Waals surface area contributed by atoms with Gasteiger partial charge in [-0.05, 0) is 36.2 Å². The maximum Gasteiger partial charge on any atom is 0.258 e. The molecule has 6 heteroatoms. The highest BCUT2D eigenvalue weighted by atomic mass is 35.5. The number of ether oxygens (including phenoxy) is 1. The quantitative estimate of drug-likeness (QED) is 0.852. The molecule has 2 amide bonds. The summed E-state index contributed by atoms with van der Waals surface area (Å²) < 4.78 is 5.45. The third kappa shape index (κ3) is 4.72. The van der Waals surface area contributed by atoms with Crippen LogP contribution in [-0.2, 0) is 9.59 Å². The summed E-state index contributed by atoms with van der Waals surface area (Å²) in [6, 6.07) is 13.0. The minimum Gasteiger partial charge on any atom is -0.484 e. The highest BCUT2D eigenvalue weighted by Crippen LogP contribution is 2.21. The number of hydrogen-bond acceptors (Lipinski definition) is 3. The van der Waals surface area contributed by atoms with Crippen LogP contribution in [0, 0.1) is 6.92 Å². The third-order valence-electron chi connectivity index (χ3n) is 3.22. The Hall–Kier alpha value is -2.53. The van der Waals surface area contributed by atoms with Gasteiger partial charge in [0.05, 0.1) is 0 Å². The van der Waals surface area contributed by atoms with Crippen LogP contribution >= 0.6 is 11.6 Å². The van der Waals surface area contributed by atoms with Gasteiger partial charge in [0, 0.05) is 5.02 Å². The van der Waals surface area contributed by atoms with Crippen molar-refractivity contribution in [1.29, 1.82) is 0 Å². The predicted molar refractivity (Wildman–Crippen MR) is 88.2 cm³/mol. The van der Waals surface area contributed by atoms with E-state index in [4.69, 9.17) is 22.1 Å². The first kappa shape index (κ1) is 16.8. The molecule has 0 fully saturated rings. The Balaban J connectivity index is 1.98. The smallest absolute Gasteiger partial charge is 0.258 e. The molecule has 0 radical (unpaired) electrons. The van der Waals surface area contributed by atoms with E-state index in [-0.39, 0.29) is 6.61 Å². The van der Waals surface area contributed by atoms with Crippen molar-refractivity contribution in [2.75, 3.05) is 6.61 Å². The first-order valence-electron chi connectivity index (χ1n) is 7.00. The van der Waals surface area contributed by atoms with E-state index in [0.717, 1.165) is 5.56 Å². The molecule has 0 aliphatic rings. The molecule has 0 heterocycles. The predicted octanol–water partition coefficient (Wildman–Crippen LogP) is 2.37. The van der Waals surface area contributed by atoms with Crippen molar-refractivity contribution in [3.8, 4) is 5.75 Å². The second kappa shape index (κ2) is 7.65. The molecule has 1 unspecified atom stereocenters. The first-order valence-corrected chi connectivity index (χ1v) is 7.37. The zero-order valence-corrected chi connectivity index (χ0v) is 13.3. The number of halogens is 1. The maximum atomic E-state index is 12.0. The molecule has 2 rings (SSSR count). The fraction of sp³-hybridized carbons (Fsp3) is 0.176. The fourth-order valence-electron chi connectivity index (χ4n) is 2.08. The number of rotatable bonds is 6. The Bertz CT molecular complexity index is 704. The third-order valence-corrected chi connectivity index (χ3v) is 3.45. The number of amides is 2. The minimum absolute atomic E-state index is 0.223.